The molecule has 0 heteroatoms. The minimum atomic E-state index is 1.04. The van der Waals surface area contributed by atoms with Crippen LogP contribution >= 0.6 is 0 Å². The summed E-state index contributed by atoms with van der Waals surface area (Å²) >= 11 is 0. The number of hydrogen-bond acceptors (Lipinski definition) is 0. The fraction of sp³-hybridized carbons (Fsp3) is 0.538. The second-order valence-electron chi connectivity index (χ2n) is 3.24. The molecule has 0 unspecified atom stereocenters. The molecule has 0 amide bonds. The van der Waals surface area contributed by atoms with Gasteiger partial charge in [0.2, 0.25) is 0 Å². The molecule has 0 aliphatic carbocycles. The number of rotatable bonds is 7. The minimum absolute atomic E-state index is 1.04. The molecule has 0 heterocycles. The van der Waals surface area contributed by atoms with Crippen LogP contribution in [-0.4, -0.2) is 0 Å². The van der Waals surface area contributed by atoms with Crippen LogP contribution in [-0.2, 0) is 0 Å². The highest BCUT2D eigenvalue weighted by Gasteiger charge is 1.90. The largest absolute Gasteiger partial charge is 0.103 e. The average molecular weight is 178 g/mol. The van der Waals surface area contributed by atoms with Crippen molar-refractivity contribution in [2.24, 2.45) is 0 Å². The lowest BCUT2D eigenvalue weighted by Gasteiger charge is -2.00. The maximum absolute atomic E-state index is 3.75. The Kier molecular flexibility index (Phi) is 8.75. The van der Waals surface area contributed by atoms with Crippen molar-refractivity contribution < 1.29 is 0 Å². The normalized spacial score (nSPS) is 12.3. The third-order valence-corrected chi connectivity index (χ3v) is 2.07. The zero-order chi connectivity index (χ0) is 9.94. The number of allylic oxidation sites excluding steroid dienone is 5. The fourth-order valence-corrected chi connectivity index (χ4v) is 1.22. The van der Waals surface area contributed by atoms with Crippen LogP contribution in [0.2, 0.25) is 0 Å². The highest BCUT2D eigenvalue weighted by atomic mass is 14.0. The van der Waals surface area contributed by atoms with Crippen LogP contribution in [0.5, 0.6) is 0 Å². The smallest absolute Gasteiger partial charge is 0.0142 e. The zero-order valence-electron chi connectivity index (χ0n) is 9.05. The van der Waals surface area contributed by atoms with Crippen molar-refractivity contribution >= 4 is 0 Å². The Morgan fingerprint density at radius 2 is 1.92 bits per heavy atom. The van der Waals surface area contributed by atoms with E-state index in [1.807, 2.05) is 6.08 Å². The summed E-state index contributed by atoms with van der Waals surface area (Å²) in [4.78, 5) is 0. The van der Waals surface area contributed by atoms with E-state index in [0.717, 1.165) is 6.42 Å². The van der Waals surface area contributed by atoms with Gasteiger partial charge >= 0.3 is 0 Å². The Bertz CT molecular complexity index is 172. The van der Waals surface area contributed by atoms with Crippen molar-refractivity contribution in [3.05, 3.63) is 36.5 Å². The Morgan fingerprint density at radius 3 is 2.46 bits per heavy atom. The second-order valence-corrected chi connectivity index (χ2v) is 3.24. The van der Waals surface area contributed by atoms with E-state index in [4.69, 9.17) is 0 Å². The molecule has 0 saturated carbocycles. The molecule has 0 radical (unpaired) electrons. The van der Waals surface area contributed by atoms with Gasteiger partial charge in [0, 0.05) is 0 Å². The van der Waals surface area contributed by atoms with Gasteiger partial charge in [0.15, 0.2) is 0 Å². The Morgan fingerprint density at radius 1 is 1.23 bits per heavy atom. The molecule has 0 spiro atoms. The summed E-state index contributed by atoms with van der Waals surface area (Å²) in [6.07, 6.45) is 14.6. The Labute approximate surface area is 83.0 Å². The second kappa shape index (κ2) is 9.31. The van der Waals surface area contributed by atoms with Gasteiger partial charge in [0.1, 0.15) is 0 Å². The summed E-state index contributed by atoms with van der Waals surface area (Å²) in [5.41, 5.74) is 1.50. The maximum Gasteiger partial charge on any atom is -0.0142 e. The summed E-state index contributed by atoms with van der Waals surface area (Å²) < 4.78 is 0. The maximum atomic E-state index is 3.75. The average Bonchev–Trinajstić information content (AvgIpc) is 2.16. The molecule has 0 aromatic rings. The van der Waals surface area contributed by atoms with E-state index in [1.54, 1.807) is 0 Å². The van der Waals surface area contributed by atoms with E-state index in [-0.39, 0.29) is 0 Å². The summed E-state index contributed by atoms with van der Waals surface area (Å²) in [5.74, 6) is 0. The summed E-state index contributed by atoms with van der Waals surface area (Å²) in [6.45, 7) is 8.06. The first-order valence-electron chi connectivity index (χ1n) is 5.25. The van der Waals surface area contributed by atoms with Crippen LogP contribution in [0.25, 0.3) is 0 Å². The van der Waals surface area contributed by atoms with Crippen LogP contribution in [0.3, 0.4) is 0 Å². The molecule has 74 valence electrons. The summed E-state index contributed by atoms with van der Waals surface area (Å²) in [5, 5.41) is 0. The SMILES string of the molecule is C=CC/C(=C/C)CC/C=C\CCC. The third-order valence-electron chi connectivity index (χ3n) is 2.07. The lowest BCUT2D eigenvalue weighted by molar-refractivity contribution is 0.913. The molecule has 0 bridgehead atoms. The van der Waals surface area contributed by atoms with Crippen molar-refractivity contribution in [2.45, 2.75) is 46.0 Å². The van der Waals surface area contributed by atoms with Crippen molar-refractivity contribution in [3.8, 4) is 0 Å². The van der Waals surface area contributed by atoms with Gasteiger partial charge in [0.25, 0.3) is 0 Å². The van der Waals surface area contributed by atoms with Crippen molar-refractivity contribution in [1.82, 2.24) is 0 Å². The molecule has 0 aromatic carbocycles. The first kappa shape index (κ1) is 12.2. The van der Waals surface area contributed by atoms with E-state index in [0.29, 0.717) is 0 Å². The standard InChI is InChI=1S/C13H22/c1-4-7-8-9-10-12-13(6-3)11-5-2/h5-6,8-9H,2,4,7,10-12H2,1,3H3/b9-8-,13-6-. The molecule has 0 aromatic heterocycles. The van der Waals surface area contributed by atoms with Gasteiger partial charge in [-0.25, -0.2) is 0 Å². The first-order valence-corrected chi connectivity index (χ1v) is 5.25. The first-order chi connectivity index (χ1) is 6.35. The van der Waals surface area contributed by atoms with Gasteiger partial charge in [-0.1, -0.05) is 43.2 Å². The lowest BCUT2D eigenvalue weighted by atomic mass is 10.1. The van der Waals surface area contributed by atoms with Gasteiger partial charge in [0.05, 0.1) is 0 Å². The van der Waals surface area contributed by atoms with Crippen molar-refractivity contribution in [2.75, 3.05) is 0 Å². The van der Waals surface area contributed by atoms with E-state index in [2.05, 4.69) is 38.7 Å². The van der Waals surface area contributed by atoms with Crippen LogP contribution in [0.1, 0.15) is 46.0 Å². The van der Waals surface area contributed by atoms with E-state index < -0.39 is 0 Å². The lowest BCUT2D eigenvalue weighted by Crippen LogP contribution is -1.80. The van der Waals surface area contributed by atoms with E-state index in [9.17, 15) is 0 Å². The Hall–Kier alpha value is -0.780. The molecule has 0 aliphatic heterocycles. The van der Waals surface area contributed by atoms with Gasteiger partial charge in [-0.15, -0.1) is 6.58 Å². The summed E-state index contributed by atoms with van der Waals surface area (Å²) in [7, 11) is 0. The topological polar surface area (TPSA) is 0 Å². The van der Waals surface area contributed by atoms with Crippen LogP contribution < -0.4 is 0 Å². The monoisotopic (exact) mass is 178 g/mol. The number of hydrogen-bond donors (Lipinski definition) is 0. The van der Waals surface area contributed by atoms with Crippen LogP contribution in [0.15, 0.2) is 36.5 Å². The van der Waals surface area contributed by atoms with Gasteiger partial charge in [-0.3, -0.25) is 0 Å². The van der Waals surface area contributed by atoms with Gasteiger partial charge in [-0.05, 0) is 32.6 Å². The molecule has 0 nitrogen and oxygen atoms in total. The highest BCUT2D eigenvalue weighted by molar-refractivity contribution is 5.06. The van der Waals surface area contributed by atoms with E-state index >= 15 is 0 Å². The summed E-state index contributed by atoms with van der Waals surface area (Å²) in [6, 6.07) is 0. The predicted molar refractivity (Wildman–Crippen MR) is 61.9 cm³/mol. The molecule has 0 N–H and O–H groups in total. The molecule has 13 heavy (non-hydrogen) atoms. The van der Waals surface area contributed by atoms with E-state index in [1.165, 1.54) is 31.3 Å². The van der Waals surface area contributed by atoms with Crippen LogP contribution in [0.4, 0.5) is 0 Å². The quantitative estimate of drug-likeness (QED) is 0.498. The molecule has 0 atom stereocenters. The minimum Gasteiger partial charge on any atom is -0.103 e. The Balaban J connectivity index is 3.55. The third kappa shape index (κ3) is 7.58. The fourth-order valence-electron chi connectivity index (χ4n) is 1.22. The number of unbranched alkanes of at least 4 members (excludes halogenated alkanes) is 1. The molecule has 0 fully saturated rings. The van der Waals surface area contributed by atoms with Gasteiger partial charge < -0.3 is 0 Å². The molecular weight excluding hydrogens is 156 g/mol. The highest BCUT2D eigenvalue weighted by Crippen LogP contribution is 2.10. The molecule has 0 rings (SSSR count). The van der Waals surface area contributed by atoms with Crippen molar-refractivity contribution in [3.63, 3.8) is 0 Å². The van der Waals surface area contributed by atoms with Crippen LogP contribution in [0, 0.1) is 0 Å². The molecule has 0 saturated heterocycles. The molecule has 0 aliphatic rings. The van der Waals surface area contributed by atoms with Crippen molar-refractivity contribution in [1.29, 1.82) is 0 Å². The predicted octanol–water partition coefficient (Wildman–Crippen LogP) is 4.65. The zero-order valence-corrected chi connectivity index (χ0v) is 9.05. The molecular formula is C13H22. The van der Waals surface area contributed by atoms with Gasteiger partial charge in [-0.2, -0.15) is 0 Å².